The van der Waals surface area contributed by atoms with Crippen molar-refractivity contribution < 1.29 is 18.7 Å². The molecule has 21 heavy (non-hydrogen) atoms. The van der Waals surface area contributed by atoms with E-state index in [-0.39, 0.29) is 5.76 Å². The first kappa shape index (κ1) is 14.5. The number of benzene rings is 1. The second-order valence-electron chi connectivity index (χ2n) is 4.11. The SMILES string of the molecule is COC(=O)c1ccc(CNc2c(C#N)cccc2OC)o1. The number of anilines is 1. The number of carbonyl (C=O) groups is 1. The van der Waals surface area contributed by atoms with Gasteiger partial charge in [-0.2, -0.15) is 5.26 Å². The zero-order valence-electron chi connectivity index (χ0n) is 11.7. The summed E-state index contributed by atoms with van der Waals surface area (Å²) >= 11 is 0. The van der Waals surface area contributed by atoms with Gasteiger partial charge in [0.15, 0.2) is 0 Å². The molecule has 0 saturated carbocycles. The number of para-hydroxylation sites is 1. The molecule has 0 atom stereocenters. The minimum absolute atomic E-state index is 0.134. The first-order valence-electron chi connectivity index (χ1n) is 6.17. The van der Waals surface area contributed by atoms with Crippen LogP contribution in [0.2, 0.25) is 0 Å². The van der Waals surface area contributed by atoms with Crippen LogP contribution in [0.15, 0.2) is 34.7 Å². The highest BCUT2D eigenvalue weighted by atomic mass is 16.5. The number of ether oxygens (including phenoxy) is 2. The van der Waals surface area contributed by atoms with Gasteiger partial charge < -0.3 is 19.2 Å². The summed E-state index contributed by atoms with van der Waals surface area (Å²) in [6.45, 7) is 0.312. The van der Waals surface area contributed by atoms with Gasteiger partial charge in [0.1, 0.15) is 17.6 Å². The number of nitrogens with zero attached hydrogens (tertiary/aromatic N) is 1. The molecule has 1 heterocycles. The summed E-state index contributed by atoms with van der Waals surface area (Å²) in [6, 6.07) is 10.5. The number of hydrogen-bond donors (Lipinski definition) is 1. The number of esters is 1. The van der Waals surface area contributed by atoms with Crippen molar-refractivity contribution in [3.05, 3.63) is 47.4 Å². The largest absolute Gasteiger partial charge is 0.495 e. The van der Waals surface area contributed by atoms with Crippen LogP contribution < -0.4 is 10.1 Å². The third-order valence-electron chi connectivity index (χ3n) is 2.85. The molecule has 0 aliphatic carbocycles. The van der Waals surface area contributed by atoms with Crippen LogP contribution in [0.1, 0.15) is 21.9 Å². The van der Waals surface area contributed by atoms with Gasteiger partial charge >= 0.3 is 5.97 Å². The smallest absolute Gasteiger partial charge is 0.373 e. The van der Waals surface area contributed by atoms with E-state index in [1.54, 1.807) is 24.3 Å². The van der Waals surface area contributed by atoms with E-state index in [1.165, 1.54) is 20.3 Å². The molecule has 0 spiro atoms. The van der Waals surface area contributed by atoms with E-state index in [1.807, 2.05) is 0 Å². The molecule has 1 N–H and O–H groups in total. The van der Waals surface area contributed by atoms with E-state index in [0.29, 0.717) is 29.3 Å². The number of carbonyl (C=O) groups excluding carboxylic acids is 1. The molecule has 6 nitrogen and oxygen atoms in total. The molecule has 1 aromatic carbocycles. The molecule has 0 amide bonds. The maximum atomic E-state index is 11.3. The third kappa shape index (κ3) is 3.15. The van der Waals surface area contributed by atoms with E-state index in [4.69, 9.17) is 14.4 Å². The van der Waals surface area contributed by atoms with E-state index < -0.39 is 5.97 Å². The first-order valence-corrected chi connectivity index (χ1v) is 6.17. The van der Waals surface area contributed by atoms with Gasteiger partial charge in [-0.25, -0.2) is 4.79 Å². The fourth-order valence-electron chi connectivity index (χ4n) is 1.84. The molecule has 2 aromatic rings. The van der Waals surface area contributed by atoms with Gasteiger partial charge in [-0.05, 0) is 24.3 Å². The van der Waals surface area contributed by atoms with Crippen LogP contribution in [0.4, 0.5) is 5.69 Å². The highest BCUT2D eigenvalue weighted by Gasteiger charge is 2.12. The third-order valence-corrected chi connectivity index (χ3v) is 2.85. The lowest BCUT2D eigenvalue weighted by atomic mass is 10.1. The molecule has 0 radical (unpaired) electrons. The standard InChI is InChI=1S/C15H14N2O4/c1-19-12-5-3-4-10(8-16)14(12)17-9-11-6-7-13(21-11)15(18)20-2/h3-7,17H,9H2,1-2H3. The van der Waals surface area contributed by atoms with Crippen molar-refractivity contribution in [2.24, 2.45) is 0 Å². The van der Waals surface area contributed by atoms with Crippen molar-refractivity contribution in [2.45, 2.75) is 6.54 Å². The number of nitriles is 1. The Morgan fingerprint density at radius 2 is 2.14 bits per heavy atom. The summed E-state index contributed by atoms with van der Waals surface area (Å²) in [5.41, 5.74) is 1.05. The Bertz CT molecular complexity index is 685. The maximum absolute atomic E-state index is 11.3. The van der Waals surface area contributed by atoms with Gasteiger partial charge in [-0.15, -0.1) is 0 Å². The van der Waals surface area contributed by atoms with E-state index >= 15 is 0 Å². The molecule has 0 unspecified atom stereocenters. The molecule has 2 rings (SSSR count). The Balaban J connectivity index is 2.15. The van der Waals surface area contributed by atoms with Crippen molar-refractivity contribution in [1.29, 1.82) is 5.26 Å². The van der Waals surface area contributed by atoms with Crippen LogP contribution in [-0.4, -0.2) is 20.2 Å². The van der Waals surface area contributed by atoms with Crippen molar-refractivity contribution >= 4 is 11.7 Å². The summed E-state index contributed by atoms with van der Waals surface area (Å²) in [4.78, 5) is 11.3. The lowest BCUT2D eigenvalue weighted by molar-refractivity contribution is 0.0563. The Kier molecular flexibility index (Phi) is 4.46. The van der Waals surface area contributed by atoms with Crippen molar-refractivity contribution in [1.82, 2.24) is 0 Å². The zero-order valence-corrected chi connectivity index (χ0v) is 11.7. The molecular formula is C15H14N2O4. The summed E-state index contributed by atoms with van der Waals surface area (Å²) in [7, 11) is 2.82. The monoisotopic (exact) mass is 286 g/mol. The van der Waals surface area contributed by atoms with Crippen LogP contribution in [0.25, 0.3) is 0 Å². The molecule has 1 aromatic heterocycles. The number of hydrogen-bond acceptors (Lipinski definition) is 6. The topological polar surface area (TPSA) is 84.5 Å². The fourth-order valence-corrected chi connectivity index (χ4v) is 1.84. The van der Waals surface area contributed by atoms with Gasteiger partial charge in [-0.1, -0.05) is 6.07 Å². The van der Waals surface area contributed by atoms with Gasteiger partial charge in [0, 0.05) is 0 Å². The van der Waals surface area contributed by atoms with E-state index in [0.717, 1.165) is 0 Å². The van der Waals surface area contributed by atoms with Crippen LogP contribution in [0.3, 0.4) is 0 Å². The minimum Gasteiger partial charge on any atom is -0.495 e. The van der Waals surface area contributed by atoms with Gasteiger partial charge in [0.05, 0.1) is 32.0 Å². The average molecular weight is 286 g/mol. The van der Waals surface area contributed by atoms with Crippen LogP contribution in [0.5, 0.6) is 5.75 Å². The molecule has 0 saturated heterocycles. The summed E-state index contributed by atoms with van der Waals surface area (Å²) in [6.07, 6.45) is 0. The lowest BCUT2D eigenvalue weighted by Crippen LogP contribution is -2.03. The molecular weight excluding hydrogens is 272 g/mol. The van der Waals surface area contributed by atoms with E-state index in [9.17, 15) is 4.79 Å². The number of methoxy groups -OCH3 is 2. The minimum atomic E-state index is -0.531. The lowest BCUT2D eigenvalue weighted by Gasteiger charge is -2.11. The molecule has 0 fully saturated rings. The summed E-state index contributed by atoms with van der Waals surface area (Å²) < 4.78 is 15.1. The predicted molar refractivity (Wildman–Crippen MR) is 75.1 cm³/mol. The molecule has 0 aliphatic rings. The average Bonchev–Trinajstić information content (AvgIpc) is 3.00. The Labute approximate surface area is 121 Å². The highest BCUT2D eigenvalue weighted by Crippen LogP contribution is 2.28. The predicted octanol–water partition coefficient (Wildman–Crippen LogP) is 2.56. The van der Waals surface area contributed by atoms with Gasteiger partial charge in [0.25, 0.3) is 0 Å². The first-order chi connectivity index (χ1) is 10.2. The molecule has 108 valence electrons. The zero-order chi connectivity index (χ0) is 15.2. The Morgan fingerprint density at radius 3 is 2.81 bits per heavy atom. The highest BCUT2D eigenvalue weighted by molar-refractivity contribution is 5.86. The Hall–Kier alpha value is -2.94. The van der Waals surface area contributed by atoms with Crippen molar-refractivity contribution in [3.8, 4) is 11.8 Å². The number of nitrogens with one attached hydrogen (secondary N) is 1. The Morgan fingerprint density at radius 1 is 1.33 bits per heavy atom. The second kappa shape index (κ2) is 6.48. The number of rotatable bonds is 5. The van der Waals surface area contributed by atoms with Crippen molar-refractivity contribution in [2.75, 3.05) is 19.5 Å². The molecule has 0 aliphatic heterocycles. The van der Waals surface area contributed by atoms with Crippen molar-refractivity contribution in [3.63, 3.8) is 0 Å². The van der Waals surface area contributed by atoms with E-state index in [2.05, 4.69) is 16.1 Å². The van der Waals surface area contributed by atoms with Crippen LogP contribution in [-0.2, 0) is 11.3 Å². The van der Waals surface area contributed by atoms with Crippen LogP contribution in [0, 0.1) is 11.3 Å². The second-order valence-corrected chi connectivity index (χ2v) is 4.11. The van der Waals surface area contributed by atoms with Gasteiger partial charge in [0.2, 0.25) is 5.76 Å². The normalized spacial score (nSPS) is 9.76. The quantitative estimate of drug-likeness (QED) is 0.850. The van der Waals surface area contributed by atoms with Crippen LogP contribution >= 0.6 is 0 Å². The van der Waals surface area contributed by atoms with Gasteiger partial charge in [-0.3, -0.25) is 0 Å². The maximum Gasteiger partial charge on any atom is 0.373 e. The fraction of sp³-hybridized carbons (Fsp3) is 0.200. The number of furan rings is 1. The summed E-state index contributed by atoms with van der Waals surface area (Å²) in [5.74, 6) is 0.713. The summed E-state index contributed by atoms with van der Waals surface area (Å²) in [5, 5.41) is 12.2. The molecule has 0 bridgehead atoms. The molecule has 6 heteroatoms.